The van der Waals surface area contributed by atoms with E-state index in [1.54, 1.807) is 12.1 Å². The number of hydrogen-bond donors (Lipinski definition) is 1. The van der Waals surface area contributed by atoms with Gasteiger partial charge < -0.3 is 10.6 Å². The molecule has 1 aliphatic rings. The molecule has 1 aliphatic heterocycles. The van der Waals surface area contributed by atoms with Gasteiger partial charge in [0.25, 0.3) is 0 Å². The van der Waals surface area contributed by atoms with E-state index in [-0.39, 0.29) is 11.4 Å². The first-order chi connectivity index (χ1) is 9.94. The number of nitrogens with two attached hydrogens (primary N) is 1. The van der Waals surface area contributed by atoms with Crippen molar-refractivity contribution in [3.8, 4) is 0 Å². The number of halogens is 1. The van der Waals surface area contributed by atoms with Gasteiger partial charge in [-0.2, -0.15) is 0 Å². The molecule has 1 aromatic carbocycles. The summed E-state index contributed by atoms with van der Waals surface area (Å²) in [7, 11) is 4.34. The number of likely N-dealkylation sites (N-methyl/N-ethyl adjacent to an activating group) is 1. The van der Waals surface area contributed by atoms with E-state index in [1.165, 1.54) is 18.9 Å². The van der Waals surface area contributed by atoms with Crippen molar-refractivity contribution in [2.24, 2.45) is 5.73 Å². The third-order valence-corrected chi connectivity index (χ3v) is 5.00. The Labute approximate surface area is 127 Å². The first-order valence-corrected chi connectivity index (χ1v) is 7.80. The van der Waals surface area contributed by atoms with E-state index in [9.17, 15) is 4.39 Å². The van der Waals surface area contributed by atoms with E-state index in [1.807, 2.05) is 6.07 Å². The van der Waals surface area contributed by atoms with Gasteiger partial charge in [-0.15, -0.1) is 0 Å². The number of likely N-dealkylation sites (tertiary alicyclic amines) is 1. The maximum atomic E-state index is 13.4. The van der Waals surface area contributed by atoms with Gasteiger partial charge in [0.1, 0.15) is 5.82 Å². The lowest BCUT2D eigenvalue weighted by Crippen LogP contribution is -2.57. The van der Waals surface area contributed by atoms with Crippen LogP contribution >= 0.6 is 0 Å². The van der Waals surface area contributed by atoms with E-state index in [0.29, 0.717) is 12.6 Å². The zero-order chi connectivity index (χ0) is 15.5. The van der Waals surface area contributed by atoms with Crippen molar-refractivity contribution in [2.45, 2.75) is 37.8 Å². The fourth-order valence-electron chi connectivity index (χ4n) is 3.25. The van der Waals surface area contributed by atoms with Crippen LogP contribution in [0.3, 0.4) is 0 Å². The molecule has 0 saturated carbocycles. The maximum absolute atomic E-state index is 13.4. The molecule has 3 nitrogen and oxygen atoms in total. The van der Waals surface area contributed by atoms with Crippen LogP contribution < -0.4 is 5.73 Å². The van der Waals surface area contributed by atoms with Gasteiger partial charge >= 0.3 is 0 Å². The van der Waals surface area contributed by atoms with Gasteiger partial charge in [-0.25, -0.2) is 4.39 Å². The quantitative estimate of drug-likeness (QED) is 0.902. The van der Waals surface area contributed by atoms with Gasteiger partial charge in [0.2, 0.25) is 0 Å². The number of rotatable bonds is 5. The molecule has 1 aromatic rings. The molecule has 0 aliphatic carbocycles. The Balaban J connectivity index is 2.08. The standard InChI is InChI=1S/C17H28FN3/c1-17(13-19,12-14-5-4-6-15(18)11-14)21(3)16-7-9-20(2)10-8-16/h4-6,11,16H,7-10,12-13,19H2,1-3H3. The van der Waals surface area contributed by atoms with E-state index < -0.39 is 0 Å². The topological polar surface area (TPSA) is 32.5 Å². The smallest absolute Gasteiger partial charge is 0.123 e. The van der Waals surface area contributed by atoms with Crippen LogP contribution in [-0.2, 0) is 6.42 Å². The molecular weight excluding hydrogens is 265 g/mol. The summed E-state index contributed by atoms with van der Waals surface area (Å²) in [4.78, 5) is 4.79. The third-order valence-electron chi connectivity index (χ3n) is 5.00. The van der Waals surface area contributed by atoms with Crippen LogP contribution in [0.1, 0.15) is 25.3 Å². The van der Waals surface area contributed by atoms with Crippen LogP contribution in [0.15, 0.2) is 24.3 Å². The first kappa shape index (κ1) is 16.4. The van der Waals surface area contributed by atoms with Crippen molar-refractivity contribution in [3.63, 3.8) is 0 Å². The van der Waals surface area contributed by atoms with E-state index in [2.05, 4.69) is 30.8 Å². The van der Waals surface area contributed by atoms with Gasteiger partial charge in [-0.3, -0.25) is 4.90 Å². The van der Waals surface area contributed by atoms with Crippen molar-refractivity contribution in [1.82, 2.24) is 9.80 Å². The molecule has 21 heavy (non-hydrogen) atoms. The van der Waals surface area contributed by atoms with Crippen LogP contribution in [-0.4, -0.2) is 55.1 Å². The van der Waals surface area contributed by atoms with Crippen LogP contribution in [0.4, 0.5) is 4.39 Å². The highest BCUT2D eigenvalue weighted by Gasteiger charge is 2.34. The fourth-order valence-corrected chi connectivity index (χ4v) is 3.25. The molecule has 4 heteroatoms. The normalized spacial score (nSPS) is 20.7. The van der Waals surface area contributed by atoms with Crippen molar-refractivity contribution in [2.75, 3.05) is 33.7 Å². The average Bonchev–Trinajstić information content (AvgIpc) is 2.47. The summed E-state index contributed by atoms with van der Waals surface area (Å²) in [6.07, 6.45) is 3.13. The minimum absolute atomic E-state index is 0.131. The summed E-state index contributed by atoms with van der Waals surface area (Å²) in [5, 5.41) is 0. The molecule has 0 amide bonds. The van der Waals surface area contributed by atoms with Gasteiger partial charge in [-0.1, -0.05) is 12.1 Å². The third kappa shape index (κ3) is 4.02. The molecule has 0 bridgehead atoms. The number of nitrogens with zero attached hydrogens (tertiary/aromatic N) is 2. The molecule has 0 aromatic heterocycles. The number of benzene rings is 1. The van der Waals surface area contributed by atoms with Crippen molar-refractivity contribution in [1.29, 1.82) is 0 Å². The Morgan fingerprint density at radius 2 is 2.05 bits per heavy atom. The van der Waals surface area contributed by atoms with E-state index >= 15 is 0 Å². The fraction of sp³-hybridized carbons (Fsp3) is 0.647. The summed E-state index contributed by atoms with van der Waals surface area (Å²) >= 11 is 0. The summed E-state index contributed by atoms with van der Waals surface area (Å²) < 4.78 is 13.4. The molecule has 1 heterocycles. The molecule has 118 valence electrons. The molecular formula is C17H28FN3. The largest absolute Gasteiger partial charge is 0.329 e. The van der Waals surface area contributed by atoms with Crippen LogP contribution in [0, 0.1) is 5.82 Å². The zero-order valence-corrected chi connectivity index (χ0v) is 13.5. The van der Waals surface area contributed by atoms with E-state index in [4.69, 9.17) is 5.73 Å². The lowest BCUT2D eigenvalue weighted by molar-refractivity contribution is 0.0544. The predicted molar refractivity (Wildman–Crippen MR) is 85.8 cm³/mol. The van der Waals surface area contributed by atoms with Crippen LogP contribution in [0.2, 0.25) is 0 Å². The first-order valence-electron chi connectivity index (χ1n) is 7.80. The van der Waals surface area contributed by atoms with Crippen LogP contribution in [0.5, 0.6) is 0 Å². The molecule has 0 radical (unpaired) electrons. The lowest BCUT2D eigenvalue weighted by Gasteiger charge is -2.45. The molecule has 0 spiro atoms. The Kier molecular flexibility index (Phi) is 5.36. The second kappa shape index (κ2) is 6.86. The Bertz CT molecular complexity index is 457. The Morgan fingerprint density at radius 1 is 1.38 bits per heavy atom. The monoisotopic (exact) mass is 293 g/mol. The van der Waals surface area contributed by atoms with Crippen molar-refractivity contribution >= 4 is 0 Å². The minimum atomic E-state index is -0.172. The van der Waals surface area contributed by atoms with Gasteiger partial charge in [0.05, 0.1) is 0 Å². The summed E-state index contributed by atoms with van der Waals surface area (Å²) in [5.74, 6) is -0.172. The van der Waals surface area contributed by atoms with Gasteiger partial charge in [0.15, 0.2) is 0 Å². The summed E-state index contributed by atoms with van der Waals surface area (Å²) in [5.41, 5.74) is 6.97. The number of hydrogen-bond acceptors (Lipinski definition) is 3. The molecule has 1 fully saturated rings. The average molecular weight is 293 g/mol. The predicted octanol–water partition coefficient (Wildman–Crippen LogP) is 2.11. The molecule has 1 saturated heterocycles. The summed E-state index contributed by atoms with van der Waals surface area (Å²) in [6, 6.07) is 7.43. The van der Waals surface area contributed by atoms with Gasteiger partial charge in [-0.05, 0) is 71.1 Å². The lowest BCUT2D eigenvalue weighted by atomic mass is 9.88. The Hall–Kier alpha value is -0.970. The molecule has 1 unspecified atom stereocenters. The highest BCUT2D eigenvalue weighted by atomic mass is 19.1. The van der Waals surface area contributed by atoms with Crippen LogP contribution in [0.25, 0.3) is 0 Å². The highest BCUT2D eigenvalue weighted by molar-refractivity contribution is 5.19. The minimum Gasteiger partial charge on any atom is -0.329 e. The zero-order valence-electron chi connectivity index (χ0n) is 13.5. The molecule has 1 atom stereocenters. The maximum Gasteiger partial charge on any atom is 0.123 e. The second-order valence-electron chi connectivity index (χ2n) is 6.65. The summed E-state index contributed by atoms with van der Waals surface area (Å²) in [6.45, 7) is 5.04. The Morgan fingerprint density at radius 3 is 2.62 bits per heavy atom. The highest BCUT2D eigenvalue weighted by Crippen LogP contribution is 2.25. The SMILES string of the molecule is CN1CCC(N(C)C(C)(CN)Cc2cccc(F)c2)CC1. The molecule has 2 rings (SSSR count). The van der Waals surface area contributed by atoms with Crippen molar-refractivity contribution < 1.29 is 4.39 Å². The molecule has 2 N–H and O–H groups in total. The second-order valence-corrected chi connectivity index (χ2v) is 6.65. The van der Waals surface area contributed by atoms with Gasteiger partial charge in [0, 0.05) is 18.1 Å². The van der Waals surface area contributed by atoms with Crippen molar-refractivity contribution in [3.05, 3.63) is 35.6 Å². The van der Waals surface area contributed by atoms with E-state index in [0.717, 1.165) is 25.1 Å². The number of piperidine rings is 1.